The molecule has 1 aliphatic rings. The fourth-order valence-electron chi connectivity index (χ4n) is 3.29. The Hall–Kier alpha value is -3.05. The van der Waals surface area contributed by atoms with Crippen molar-refractivity contribution in [1.29, 1.82) is 0 Å². The summed E-state index contributed by atoms with van der Waals surface area (Å²) in [5.74, 6) is 0. The third-order valence-electron chi connectivity index (χ3n) is 4.84. The summed E-state index contributed by atoms with van der Waals surface area (Å²) < 4.78 is 33.3. The van der Waals surface area contributed by atoms with Gasteiger partial charge in [0.25, 0.3) is 15.7 Å². The molecule has 33 heavy (non-hydrogen) atoms. The molecule has 1 N–H and O–H groups in total. The zero-order chi connectivity index (χ0) is 24.4. The summed E-state index contributed by atoms with van der Waals surface area (Å²) in [6.07, 6.45) is -0.441. The highest BCUT2D eigenvalue weighted by Crippen LogP contribution is 2.33. The van der Waals surface area contributed by atoms with E-state index in [0.29, 0.717) is 26.2 Å². The minimum absolute atomic E-state index is 0.171. The van der Waals surface area contributed by atoms with Crippen LogP contribution in [0, 0.1) is 10.1 Å². The van der Waals surface area contributed by atoms with E-state index in [1.807, 2.05) is 0 Å². The van der Waals surface area contributed by atoms with Gasteiger partial charge in [-0.05, 0) is 45.0 Å². The van der Waals surface area contributed by atoms with E-state index in [9.17, 15) is 23.3 Å². The van der Waals surface area contributed by atoms with Gasteiger partial charge in [0, 0.05) is 32.2 Å². The van der Waals surface area contributed by atoms with Crippen molar-refractivity contribution in [2.75, 3.05) is 35.8 Å². The van der Waals surface area contributed by atoms with Gasteiger partial charge < -0.3 is 14.5 Å². The van der Waals surface area contributed by atoms with E-state index in [4.69, 9.17) is 16.3 Å². The topological polar surface area (TPSA) is 122 Å². The summed E-state index contributed by atoms with van der Waals surface area (Å²) in [6.45, 7) is 6.65. The van der Waals surface area contributed by atoms with Crippen LogP contribution >= 0.6 is 11.6 Å². The van der Waals surface area contributed by atoms with Gasteiger partial charge in [-0.15, -0.1) is 0 Å². The first-order chi connectivity index (χ1) is 15.4. The van der Waals surface area contributed by atoms with Gasteiger partial charge >= 0.3 is 6.09 Å². The highest BCUT2D eigenvalue weighted by Gasteiger charge is 2.30. The number of halogens is 1. The number of carbonyl (C=O) groups excluding carboxylic acids is 1. The summed E-state index contributed by atoms with van der Waals surface area (Å²) in [7, 11) is -4.10. The van der Waals surface area contributed by atoms with E-state index in [0.717, 1.165) is 6.07 Å². The van der Waals surface area contributed by atoms with Crippen molar-refractivity contribution in [3.8, 4) is 0 Å². The second kappa shape index (κ2) is 9.44. The zero-order valence-electron chi connectivity index (χ0n) is 18.4. The van der Waals surface area contributed by atoms with Crippen LogP contribution in [0.3, 0.4) is 0 Å². The number of para-hydroxylation sites is 1. The molecule has 1 fully saturated rings. The first kappa shape index (κ1) is 24.6. The summed E-state index contributed by atoms with van der Waals surface area (Å²) in [4.78, 5) is 26.4. The number of rotatable bonds is 5. The maximum Gasteiger partial charge on any atom is 0.410 e. The third-order valence-corrected chi connectivity index (χ3v) is 6.54. The molecule has 1 aliphatic heterocycles. The number of piperazine rings is 1. The Labute approximate surface area is 197 Å². The van der Waals surface area contributed by atoms with Gasteiger partial charge in [-0.25, -0.2) is 13.2 Å². The number of nitrogens with one attached hydrogen (secondary N) is 1. The van der Waals surface area contributed by atoms with Crippen LogP contribution in [-0.4, -0.2) is 56.1 Å². The van der Waals surface area contributed by atoms with Crippen molar-refractivity contribution < 1.29 is 22.9 Å². The molecular weight excluding hydrogens is 472 g/mol. The molecule has 1 heterocycles. The predicted molar refractivity (Wildman–Crippen MR) is 125 cm³/mol. The maximum atomic E-state index is 12.8. The summed E-state index contributed by atoms with van der Waals surface area (Å²) in [5, 5.41) is 11.9. The largest absolute Gasteiger partial charge is 0.444 e. The number of amides is 1. The van der Waals surface area contributed by atoms with Gasteiger partial charge in [0.2, 0.25) is 0 Å². The lowest BCUT2D eigenvalue weighted by molar-refractivity contribution is -0.384. The lowest BCUT2D eigenvalue weighted by Crippen LogP contribution is -2.50. The van der Waals surface area contributed by atoms with Gasteiger partial charge in [-0.2, -0.15) is 0 Å². The lowest BCUT2D eigenvalue weighted by atomic mass is 10.2. The fraction of sp³-hybridized carbons (Fsp3) is 0.381. The Morgan fingerprint density at radius 2 is 1.76 bits per heavy atom. The van der Waals surface area contributed by atoms with Crippen LogP contribution in [0.4, 0.5) is 21.9 Å². The number of nitro groups is 1. The van der Waals surface area contributed by atoms with Crippen LogP contribution in [0.2, 0.25) is 5.02 Å². The fourth-order valence-corrected chi connectivity index (χ4v) is 4.63. The van der Waals surface area contributed by atoms with Crippen LogP contribution in [0.15, 0.2) is 47.4 Å². The van der Waals surface area contributed by atoms with E-state index in [2.05, 4.69) is 4.72 Å². The van der Waals surface area contributed by atoms with E-state index in [1.165, 1.54) is 24.3 Å². The van der Waals surface area contributed by atoms with Gasteiger partial charge in [-0.1, -0.05) is 23.7 Å². The molecule has 2 aromatic rings. The molecule has 1 saturated heterocycles. The molecule has 0 saturated carbocycles. The number of carbonyl (C=O) groups is 1. The normalized spacial score (nSPS) is 14.7. The lowest BCUT2D eigenvalue weighted by Gasteiger charge is -2.36. The van der Waals surface area contributed by atoms with Crippen molar-refractivity contribution in [3.63, 3.8) is 0 Å². The van der Waals surface area contributed by atoms with Gasteiger partial charge in [-0.3, -0.25) is 14.8 Å². The van der Waals surface area contributed by atoms with Crippen LogP contribution in [0.25, 0.3) is 0 Å². The number of hydrogen-bond donors (Lipinski definition) is 1. The Bertz CT molecular complexity index is 1160. The molecule has 0 spiro atoms. The predicted octanol–water partition coefficient (Wildman–Crippen LogP) is 4.11. The molecule has 0 unspecified atom stereocenters. The number of ether oxygens (including phenoxy) is 1. The average Bonchev–Trinajstić information content (AvgIpc) is 2.73. The second-order valence-electron chi connectivity index (χ2n) is 8.45. The van der Waals surface area contributed by atoms with Crippen LogP contribution in [0.1, 0.15) is 20.8 Å². The molecule has 10 nitrogen and oxygen atoms in total. The number of nitrogens with zero attached hydrogens (tertiary/aromatic N) is 3. The van der Waals surface area contributed by atoms with E-state index >= 15 is 0 Å². The first-order valence-corrected chi connectivity index (χ1v) is 12.0. The molecular formula is C21H25ClN4O6S. The zero-order valence-corrected chi connectivity index (χ0v) is 20.0. The molecule has 1 amide bonds. The monoisotopic (exact) mass is 496 g/mol. The summed E-state index contributed by atoms with van der Waals surface area (Å²) in [6, 6.07) is 10.0. The van der Waals surface area contributed by atoms with Gasteiger partial charge in [0.05, 0.1) is 20.5 Å². The minimum Gasteiger partial charge on any atom is -0.444 e. The summed E-state index contributed by atoms with van der Waals surface area (Å²) in [5.41, 5.74) is -0.515. The highest BCUT2D eigenvalue weighted by molar-refractivity contribution is 7.92. The van der Waals surface area contributed by atoms with Crippen molar-refractivity contribution in [3.05, 3.63) is 57.6 Å². The molecule has 178 valence electrons. The average molecular weight is 497 g/mol. The minimum atomic E-state index is -4.10. The first-order valence-electron chi connectivity index (χ1n) is 10.2. The molecule has 0 radical (unpaired) electrons. The van der Waals surface area contributed by atoms with Crippen LogP contribution in [-0.2, 0) is 14.8 Å². The molecule has 0 aromatic heterocycles. The van der Waals surface area contributed by atoms with E-state index < -0.39 is 26.6 Å². The van der Waals surface area contributed by atoms with Crippen molar-refractivity contribution in [2.45, 2.75) is 31.3 Å². The van der Waals surface area contributed by atoms with E-state index in [1.54, 1.807) is 42.7 Å². The number of anilines is 2. The molecule has 0 bridgehead atoms. The third kappa shape index (κ3) is 6.05. The second-order valence-corrected chi connectivity index (χ2v) is 10.5. The quantitative estimate of drug-likeness (QED) is 0.488. The standard InChI is InChI=1S/C21H25ClN4O6S/c1-21(2,3)32-20(27)25-12-10-24(11-13-25)18-9-8-15(14-19(18)26(28)29)33(30,31)23-17-7-5-4-6-16(17)22/h4-9,14,23H,10-13H2,1-3H3. The van der Waals surface area contributed by atoms with Crippen LogP contribution < -0.4 is 9.62 Å². The Kier molecular flexibility index (Phi) is 7.03. The van der Waals surface area contributed by atoms with Crippen molar-refractivity contribution >= 4 is 44.8 Å². The Morgan fingerprint density at radius 1 is 1.12 bits per heavy atom. The molecule has 12 heteroatoms. The smallest absolute Gasteiger partial charge is 0.410 e. The van der Waals surface area contributed by atoms with Gasteiger partial charge in [0.1, 0.15) is 11.3 Å². The van der Waals surface area contributed by atoms with Crippen molar-refractivity contribution in [1.82, 2.24) is 4.90 Å². The molecule has 0 aliphatic carbocycles. The van der Waals surface area contributed by atoms with Crippen LogP contribution in [0.5, 0.6) is 0 Å². The number of hydrogen-bond acceptors (Lipinski definition) is 7. The maximum absolute atomic E-state index is 12.8. The Morgan fingerprint density at radius 3 is 2.33 bits per heavy atom. The number of nitro benzene ring substituents is 1. The van der Waals surface area contributed by atoms with Gasteiger partial charge in [0.15, 0.2) is 0 Å². The summed E-state index contributed by atoms with van der Waals surface area (Å²) >= 11 is 6.02. The number of benzene rings is 2. The van der Waals surface area contributed by atoms with E-state index in [-0.39, 0.29) is 27.0 Å². The molecule has 3 rings (SSSR count). The number of sulfonamides is 1. The molecule has 2 aromatic carbocycles. The SMILES string of the molecule is CC(C)(C)OC(=O)N1CCN(c2ccc(S(=O)(=O)Nc3ccccc3Cl)cc2[N+](=O)[O-])CC1. The Balaban J connectivity index is 1.79. The highest BCUT2D eigenvalue weighted by atomic mass is 35.5. The van der Waals surface area contributed by atoms with Crippen molar-refractivity contribution in [2.24, 2.45) is 0 Å². The molecule has 0 atom stereocenters.